The van der Waals surface area contributed by atoms with Gasteiger partial charge in [0.25, 0.3) is 0 Å². The SMILES string of the molecule is O=C(O)C1(C(=O)O)CCCC(C(=O)O)(C(=O)O)C1. The Morgan fingerprint density at radius 3 is 1.17 bits per heavy atom. The van der Waals surface area contributed by atoms with Crippen molar-refractivity contribution >= 4 is 23.9 Å². The maximum Gasteiger partial charge on any atom is 0.321 e. The van der Waals surface area contributed by atoms with Crippen LogP contribution >= 0.6 is 0 Å². The number of carboxylic acids is 4. The molecule has 1 fully saturated rings. The summed E-state index contributed by atoms with van der Waals surface area (Å²) < 4.78 is 0. The summed E-state index contributed by atoms with van der Waals surface area (Å²) in [6.07, 6.45) is -1.59. The van der Waals surface area contributed by atoms with E-state index in [0.29, 0.717) is 0 Å². The van der Waals surface area contributed by atoms with E-state index in [1.807, 2.05) is 0 Å². The van der Waals surface area contributed by atoms with Crippen LogP contribution in [-0.2, 0) is 19.2 Å². The van der Waals surface area contributed by atoms with Crippen LogP contribution in [0.25, 0.3) is 0 Å². The van der Waals surface area contributed by atoms with Gasteiger partial charge in [0, 0.05) is 6.42 Å². The van der Waals surface area contributed by atoms with E-state index in [1.54, 1.807) is 0 Å². The summed E-state index contributed by atoms with van der Waals surface area (Å²) in [6, 6.07) is 0. The summed E-state index contributed by atoms with van der Waals surface area (Å²) in [5.41, 5.74) is -4.70. The topological polar surface area (TPSA) is 149 Å². The van der Waals surface area contributed by atoms with Gasteiger partial charge in [-0.2, -0.15) is 0 Å². The molecule has 1 rings (SSSR count). The quantitative estimate of drug-likeness (QED) is 0.510. The highest BCUT2D eigenvalue weighted by molar-refractivity contribution is 6.03. The molecule has 0 aromatic carbocycles. The molecule has 0 radical (unpaired) electrons. The lowest BCUT2D eigenvalue weighted by molar-refractivity contribution is -0.180. The molecule has 18 heavy (non-hydrogen) atoms. The minimum absolute atomic E-state index is 0.0861. The Labute approximate surface area is 101 Å². The lowest BCUT2D eigenvalue weighted by Crippen LogP contribution is -2.53. The third-order valence-corrected chi connectivity index (χ3v) is 3.45. The fourth-order valence-corrected chi connectivity index (χ4v) is 2.30. The first kappa shape index (κ1) is 13.9. The van der Waals surface area contributed by atoms with Crippen LogP contribution in [0.3, 0.4) is 0 Å². The molecule has 0 saturated heterocycles. The molecule has 0 heterocycles. The van der Waals surface area contributed by atoms with Crippen molar-refractivity contribution in [1.29, 1.82) is 0 Å². The summed E-state index contributed by atoms with van der Waals surface area (Å²) >= 11 is 0. The van der Waals surface area contributed by atoms with E-state index in [-0.39, 0.29) is 19.3 Å². The number of rotatable bonds is 4. The van der Waals surface area contributed by atoms with Gasteiger partial charge in [-0.05, 0) is 19.3 Å². The smallest absolute Gasteiger partial charge is 0.321 e. The molecule has 4 N–H and O–H groups in total. The van der Waals surface area contributed by atoms with Gasteiger partial charge in [0.2, 0.25) is 0 Å². The molecule has 0 unspecified atom stereocenters. The highest BCUT2D eigenvalue weighted by Crippen LogP contribution is 2.47. The summed E-state index contributed by atoms with van der Waals surface area (Å²) in [6.45, 7) is 0. The third-order valence-electron chi connectivity index (χ3n) is 3.45. The Hall–Kier alpha value is -2.12. The molecule has 0 atom stereocenters. The standard InChI is InChI=1S/C10H12O8/c11-5(12)9(6(13)14)2-1-3-10(4-9,7(15)16)8(17)18/h1-4H2,(H,11,12)(H,13,14)(H,15,16)(H,17,18). The molecule has 1 aliphatic rings. The van der Waals surface area contributed by atoms with Crippen LogP contribution < -0.4 is 0 Å². The van der Waals surface area contributed by atoms with Gasteiger partial charge < -0.3 is 20.4 Å². The van der Waals surface area contributed by atoms with Crippen molar-refractivity contribution in [1.82, 2.24) is 0 Å². The molecule has 8 nitrogen and oxygen atoms in total. The van der Waals surface area contributed by atoms with Gasteiger partial charge in [0.05, 0.1) is 0 Å². The maximum absolute atomic E-state index is 11.1. The van der Waals surface area contributed by atoms with Crippen molar-refractivity contribution in [2.45, 2.75) is 25.7 Å². The van der Waals surface area contributed by atoms with Crippen LogP contribution in [0.5, 0.6) is 0 Å². The zero-order valence-corrected chi connectivity index (χ0v) is 9.25. The van der Waals surface area contributed by atoms with Gasteiger partial charge in [-0.1, -0.05) is 0 Å². The number of carboxylic acid groups (broad SMARTS) is 4. The lowest BCUT2D eigenvalue weighted by atomic mass is 9.61. The maximum atomic E-state index is 11.1. The highest BCUT2D eigenvalue weighted by Gasteiger charge is 2.61. The molecule has 1 saturated carbocycles. The molecular formula is C10H12O8. The van der Waals surface area contributed by atoms with Gasteiger partial charge in [-0.25, -0.2) is 0 Å². The molecular weight excluding hydrogens is 248 g/mol. The van der Waals surface area contributed by atoms with Crippen molar-refractivity contribution in [2.24, 2.45) is 10.8 Å². The van der Waals surface area contributed by atoms with E-state index in [1.165, 1.54) is 0 Å². The van der Waals surface area contributed by atoms with Crippen molar-refractivity contribution in [2.75, 3.05) is 0 Å². The molecule has 0 aromatic heterocycles. The van der Waals surface area contributed by atoms with E-state index in [9.17, 15) is 19.2 Å². The second-order valence-corrected chi connectivity index (χ2v) is 4.42. The first-order valence-corrected chi connectivity index (χ1v) is 5.13. The number of hydrogen-bond donors (Lipinski definition) is 4. The summed E-state index contributed by atoms with van der Waals surface area (Å²) in [5, 5.41) is 36.0. The van der Waals surface area contributed by atoms with Crippen molar-refractivity contribution in [3.05, 3.63) is 0 Å². The minimum Gasteiger partial charge on any atom is -0.480 e. The first-order chi connectivity index (χ1) is 8.19. The molecule has 0 bridgehead atoms. The highest BCUT2D eigenvalue weighted by atomic mass is 16.4. The second kappa shape index (κ2) is 4.28. The van der Waals surface area contributed by atoms with Crippen LogP contribution in [0.2, 0.25) is 0 Å². The summed E-state index contributed by atoms with van der Waals surface area (Å²) in [7, 11) is 0. The fourth-order valence-electron chi connectivity index (χ4n) is 2.30. The summed E-state index contributed by atoms with van der Waals surface area (Å²) in [5.74, 6) is -6.83. The Balaban J connectivity index is 3.30. The van der Waals surface area contributed by atoms with E-state index in [4.69, 9.17) is 20.4 Å². The zero-order chi connectivity index (χ0) is 14.1. The van der Waals surface area contributed by atoms with E-state index in [2.05, 4.69) is 0 Å². The number of carbonyl (C=O) groups is 4. The second-order valence-electron chi connectivity index (χ2n) is 4.42. The van der Waals surface area contributed by atoms with Gasteiger partial charge in [-0.3, -0.25) is 19.2 Å². The van der Waals surface area contributed by atoms with Crippen molar-refractivity contribution < 1.29 is 39.6 Å². The average molecular weight is 260 g/mol. The van der Waals surface area contributed by atoms with Crippen LogP contribution in [-0.4, -0.2) is 44.3 Å². The predicted octanol–water partition coefficient (Wildman–Crippen LogP) is -0.128. The van der Waals surface area contributed by atoms with Gasteiger partial charge in [-0.15, -0.1) is 0 Å². The fraction of sp³-hybridized carbons (Fsp3) is 0.600. The Morgan fingerprint density at radius 1 is 0.667 bits per heavy atom. The molecule has 0 spiro atoms. The normalized spacial score (nSPS) is 20.9. The molecule has 100 valence electrons. The van der Waals surface area contributed by atoms with E-state index < -0.39 is 41.1 Å². The predicted molar refractivity (Wildman–Crippen MR) is 53.9 cm³/mol. The minimum atomic E-state index is -2.35. The van der Waals surface area contributed by atoms with E-state index in [0.717, 1.165) is 0 Å². The molecule has 1 aliphatic carbocycles. The Kier molecular flexibility index (Phi) is 3.32. The lowest BCUT2D eigenvalue weighted by Gasteiger charge is -2.38. The number of aliphatic carboxylic acids is 4. The number of hydrogen-bond acceptors (Lipinski definition) is 4. The Bertz CT molecular complexity index is 358. The van der Waals surface area contributed by atoms with Crippen molar-refractivity contribution in [3.63, 3.8) is 0 Å². The molecule has 0 aliphatic heterocycles. The van der Waals surface area contributed by atoms with Crippen LogP contribution in [0.15, 0.2) is 0 Å². The third kappa shape index (κ3) is 1.79. The molecule has 8 heteroatoms. The summed E-state index contributed by atoms with van der Waals surface area (Å²) in [4.78, 5) is 44.3. The van der Waals surface area contributed by atoms with Crippen LogP contribution in [0.4, 0.5) is 0 Å². The molecule has 0 aromatic rings. The zero-order valence-electron chi connectivity index (χ0n) is 9.25. The van der Waals surface area contributed by atoms with Gasteiger partial charge in [0.1, 0.15) is 0 Å². The van der Waals surface area contributed by atoms with E-state index >= 15 is 0 Å². The Morgan fingerprint density at radius 2 is 0.944 bits per heavy atom. The van der Waals surface area contributed by atoms with Gasteiger partial charge in [0.15, 0.2) is 10.8 Å². The monoisotopic (exact) mass is 260 g/mol. The largest absolute Gasteiger partial charge is 0.480 e. The van der Waals surface area contributed by atoms with Crippen LogP contribution in [0, 0.1) is 10.8 Å². The first-order valence-electron chi connectivity index (χ1n) is 5.13. The van der Waals surface area contributed by atoms with Crippen molar-refractivity contribution in [3.8, 4) is 0 Å². The van der Waals surface area contributed by atoms with Crippen LogP contribution in [0.1, 0.15) is 25.7 Å². The average Bonchev–Trinajstić information content (AvgIpc) is 2.27. The van der Waals surface area contributed by atoms with Gasteiger partial charge >= 0.3 is 23.9 Å². The molecule has 0 amide bonds.